The van der Waals surface area contributed by atoms with Crippen molar-refractivity contribution < 1.29 is 13.9 Å². The van der Waals surface area contributed by atoms with Crippen molar-refractivity contribution >= 4 is 5.69 Å². The normalized spacial score (nSPS) is 10.0. The minimum Gasteiger partial charge on any atom is -0.464 e. The minimum absolute atomic E-state index is 0.0529. The van der Waals surface area contributed by atoms with Gasteiger partial charge in [-0.15, -0.1) is 0 Å². The van der Waals surface area contributed by atoms with E-state index in [2.05, 4.69) is 0 Å². The molecule has 0 aromatic heterocycles. The van der Waals surface area contributed by atoms with Gasteiger partial charge in [0.1, 0.15) is 0 Å². The lowest BCUT2D eigenvalue weighted by Crippen LogP contribution is -2.03. The van der Waals surface area contributed by atoms with E-state index in [0.29, 0.717) is 12.3 Å². The lowest BCUT2D eigenvalue weighted by Gasteiger charge is -2.06. The third-order valence-electron chi connectivity index (χ3n) is 1.46. The molecule has 0 aliphatic carbocycles. The van der Waals surface area contributed by atoms with Gasteiger partial charge in [-0.25, -0.2) is 4.39 Å². The maximum Gasteiger partial charge on any atom is 0.189 e. The lowest BCUT2D eigenvalue weighted by atomic mass is 10.3. The first kappa shape index (κ1) is 9.80. The molecule has 13 heavy (non-hydrogen) atoms. The van der Waals surface area contributed by atoms with Gasteiger partial charge in [0.15, 0.2) is 18.4 Å². The molecule has 2 N–H and O–H groups in total. The van der Waals surface area contributed by atoms with E-state index in [9.17, 15) is 4.39 Å². The predicted molar refractivity (Wildman–Crippen MR) is 47.9 cm³/mol. The Kier molecular flexibility index (Phi) is 3.52. The summed E-state index contributed by atoms with van der Waals surface area (Å²) in [4.78, 5) is 0. The number of nitrogens with two attached hydrogens (primary N) is 1. The third kappa shape index (κ3) is 2.91. The Labute approximate surface area is 76.3 Å². The molecule has 0 bridgehead atoms. The highest BCUT2D eigenvalue weighted by molar-refractivity contribution is 5.42. The van der Waals surface area contributed by atoms with Gasteiger partial charge >= 0.3 is 0 Å². The molecule has 0 radical (unpaired) electrons. The van der Waals surface area contributed by atoms with Gasteiger partial charge in [-0.1, -0.05) is 0 Å². The largest absolute Gasteiger partial charge is 0.464 e. The molecular weight excluding hydrogens is 173 g/mol. The summed E-state index contributed by atoms with van der Waals surface area (Å²) < 4.78 is 22.9. The average Bonchev–Trinajstić information content (AvgIpc) is 2.09. The molecule has 0 spiro atoms. The number of halogens is 1. The van der Waals surface area contributed by atoms with Crippen molar-refractivity contribution in [2.24, 2.45) is 0 Å². The molecule has 3 nitrogen and oxygen atoms in total. The molecule has 0 unspecified atom stereocenters. The lowest BCUT2D eigenvalue weighted by molar-refractivity contribution is 0.0201. The summed E-state index contributed by atoms with van der Waals surface area (Å²) in [7, 11) is 0. The molecule has 0 heterocycles. The molecule has 0 amide bonds. The molecule has 0 fully saturated rings. The van der Waals surface area contributed by atoms with E-state index in [-0.39, 0.29) is 12.5 Å². The summed E-state index contributed by atoms with van der Waals surface area (Å²) in [6.45, 7) is 2.43. The summed E-state index contributed by atoms with van der Waals surface area (Å²) in [5.41, 5.74) is 5.73. The van der Waals surface area contributed by atoms with E-state index in [4.69, 9.17) is 15.2 Å². The number of anilines is 1. The smallest absolute Gasteiger partial charge is 0.189 e. The van der Waals surface area contributed by atoms with E-state index in [0.717, 1.165) is 0 Å². The van der Waals surface area contributed by atoms with Gasteiger partial charge in [0, 0.05) is 18.4 Å². The van der Waals surface area contributed by atoms with Crippen LogP contribution in [-0.2, 0) is 4.74 Å². The van der Waals surface area contributed by atoms with Crippen molar-refractivity contribution in [1.82, 2.24) is 0 Å². The molecule has 0 saturated heterocycles. The molecule has 0 aliphatic rings. The van der Waals surface area contributed by atoms with Crippen LogP contribution in [0.3, 0.4) is 0 Å². The standard InChI is InChI=1S/C9H12FNO2/c1-2-12-6-13-9-4-3-7(11)5-8(9)10/h3-5H,2,6,11H2,1H3. The van der Waals surface area contributed by atoms with E-state index in [1.54, 1.807) is 6.07 Å². The molecule has 1 aromatic rings. The second-order valence-corrected chi connectivity index (χ2v) is 2.44. The van der Waals surface area contributed by atoms with Gasteiger partial charge in [0.05, 0.1) is 0 Å². The van der Waals surface area contributed by atoms with Crippen LogP contribution in [0.5, 0.6) is 5.75 Å². The summed E-state index contributed by atoms with van der Waals surface area (Å²) in [6, 6.07) is 4.26. The van der Waals surface area contributed by atoms with Gasteiger partial charge in [0.2, 0.25) is 0 Å². The van der Waals surface area contributed by atoms with Crippen molar-refractivity contribution in [3.05, 3.63) is 24.0 Å². The zero-order valence-electron chi connectivity index (χ0n) is 7.42. The minimum atomic E-state index is -0.472. The molecule has 1 aromatic carbocycles. The van der Waals surface area contributed by atoms with Crippen molar-refractivity contribution in [3.63, 3.8) is 0 Å². The van der Waals surface area contributed by atoms with Crippen LogP contribution < -0.4 is 10.5 Å². The fraction of sp³-hybridized carbons (Fsp3) is 0.333. The quantitative estimate of drug-likeness (QED) is 0.441. The molecule has 1 rings (SSSR count). The molecule has 0 atom stereocenters. The molecular formula is C9H12FNO2. The van der Waals surface area contributed by atoms with Crippen LogP contribution in [0, 0.1) is 5.82 Å². The van der Waals surface area contributed by atoms with Crippen LogP contribution >= 0.6 is 0 Å². The van der Waals surface area contributed by atoms with E-state index >= 15 is 0 Å². The van der Waals surface area contributed by atoms with E-state index in [1.165, 1.54) is 12.1 Å². The third-order valence-corrected chi connectivity index (χ3v) is 1.46. The van der Waals surface area contributed by atoms with Crippen molar-refractivity contribution in [2.45, 2.75) is 6.92 Å². The fourth-order valence-corrected chi connectivity index (χ4v) is 0.823. The summed E-state index contributed by atoms with van der Waals surface area (Å²) in [5.74, 6) is -0.317. The van der Waals surface area contributed by atoms with Crippen LogP contribution in [0.2, 0.25) is 0 Å². The maximum atomic E-state index is 13.0. The number of benzene rings is 1. The highest BCUT2D eigenvalue weighted by atomic mass is 19.1. The number of ether oxygens (including phenoxy) is 2. The summed E-state index contributed by atoms with van der Waals surface area (Å²) in [5, 5.41) is 0. The van der Waals surface area contributed by atoms with E-state index < -0.39 is 5.82 Å². The van der Waals surface area contributed by atoms with Gasteiger partial charge in [-0.05, 0) is 19.1 Å². The van der Waals surface area contributed by atoms with E-state index in [1.807, 2.05) is 6.92 Å². The van der Waals surface area contributed by atoms with Crippen molar-refractivity contribution in [1.29, 1.82) is 0 Å². The van der Waals surface area contributed by atoms with Crippen LogP contribution in [0.1, 0.15) is 6.92 Å². The number of hydrogen-bond acceptors (Lipinski definition) is 3. The first-order chi connectivity index (χ1) is 6.24. The summed E-state index contributed by atoms with van der Waals surface area (Å²) >= 11 is 0. The Hall–Kier alpha value is -1.29. The Morgan fingerprint density at radius 1 is 1.46 bits per heavy atom. The van der Waals surface area contributed by atoms with Crippen LogP contribution in [0.15, 0.2) is 18.2 Å². The monoisotopic (exact) mass is 185 g/mol. The first-order valence-corrected chi connectivity index (χ1v) is 3.99. The summed E-state index contributed by atoms with van der Waals surface area (Å²) in [6.07, 6.45) is 0. The van der Waals surface area contributed by atoms with Crippen molar-refractivity contribution in [3.8, 4) is 5.75 Å². The zero-order chi connectivity index (χ0) is 9.68. The number of rotatable bonds is 4. The first-order valence-electron chi connectivity index (χ1n) is 3.99. The van der Waals surface area contributed by atoms with Gasteiger partial charge in [-0.2, -0.15) is 0 Å². The van der Waals surface area contributed by atoms with Crippen LogP contribution in [0.4, 0.5) is 10.1 Å². The van der Waals surface area contributed by atoms with Gasteiger partial charge in [-0.3, -0.25) is 0 Å². The zero-order valence-corrected chi connectivity index (χ0v) is 7.42. The van der Waals surface area contributed by atoms with Gasteiger partial charge < -0.3 is 15.2 Å². The second-order valence-electron chi connectivity index (χ2n) is 2.44. The Balaban J connectivity index is 2.56. The predicted octanol–water partition coefficient (Wildman–Crippen LogP) is 1.78. The Morgan fingerprint density at radius 3 is 2.85 bits per heavy atom. The Bertz CT molecular complexity index is 278. The highest BCUT2D eigenvalue weighted by Gasteiger charge is 2.02. The van der Waals surface area contributed by atoms with Crippen LogP contribution in [-0.4, -0.2) is 13.4 Å². The van der Waals surface area contributed by atoms with Crippen LogP contribution in [0.25, 0.3) is 0 Å². The maximum absolute atomic E-state index is 13.0. The molecule has 0 saturated carbocycles. The molecule has 4 heteroatoms. The fourth-order valence-electron chi connectivity index (χ4n) is 0.823. The SMILES string of the molecule is CCOCOc1ccc(N)cc1F. The number of hydrogen-bond donors (Lipinski definition) is 1. The number of nitrogen functional groups attached to an aromatic ring is 1. The average molecular weight is 185 g/mol. The van der Waals surface area contributed by atoms with Crippen molar-refractivity contribution in [2.75, 3.05) is 19.1 Å². The molecule has 72 valence electrons. The highest BCUT2D eigenvalue weighted by Crippen LogP contribution is 2.18. The Morgan fingerprint density at radius 2 is 2.23 bits per heavy atom. The molecule has 0 aliphatic heterocycles. The second kappa shape index (κ2) is 4.67. The topological polar surface area (TPSA) is 44.5 Å². The van der Waals surface area contributed by atoms with Gasteiger partial charge in [0.25, 0.3) is 0 Å².